The van der Waals surface area contributed by atoms with Crippen molar-refractivity contribution >= 4 is 44.9 Å². The molecule has 408 valence electrons. The van der Waals surface area contributed by atoms with Crippen LogP contribution in [0.5, 0.6) is 0 Å². The third-order valence-corrected chi connectivity index (χ3v) is 18.1. The molecule has 0 saturated heterocycles. The van der Waals surface area contributed by atoms with E-state index in [1.54, 1.807) is 12.1 Å². The highest BCUT2D eigenvalue weighted by molar-refractivity contribution is 6.19. The first kappa shape index (κ1) is 52.4. The Hall–Kier alpha value is -9.64. The zero-order valence-electron chi connectivity index (χ0n) is 48.7. The normalized spacial score (nSPS) is 13.3. The molecule has 2 nitrogen and oxygen atoms in total. The predicted octanol–water partition coefficient (Wildman–Crippen LogP) is 22.6. The number of benzene rings is 12. The van der Waals surface area contributed by atoms with Crippen LogP contribution in [0.25, 0.3) is 77.5 Å². The highest BCUT2D eigenvalue weighted by atomic mass is 19.1. The number of hydrogen-bond donors (Lipinski definition) is 0. The summed E-state index contributed by atoms with van der Waals surface area (Å²) in [6.45, 7) is 17.7. The fraction of sp³-hybridized carbons (Fsp3) is 0.125. The van der Waals surface area contributed by atoms with Crippen LogP contribution < -0.4 is 9.80 Å². The summed E-state index contributed by atoms with van der Waals surface area (Å²) in [4.78, 5) is 4.66. The number of aryl methyl sites for hydroxylation is 4. The van der Waals surface area contributed by atoms with Gasteiger partial charge in [0.05, 0.1) is 0 Å². The van der Waals surface area contributed by atoms with Crippen LogP contribution in [0, 0.1) is 39.3 Å². The number of anilines is 6. The first-order valence-electron chi connectivity index (χ1n) is 29.2. The Bertz CT molecular complexity index is 4170. The Morgan fingerprint density at radius 1 is 0.262 bits per heavy atom. The van der Waals surface area contributed by atoms with Crippen LogP contribution in [-0.2, 0) is 10.8 Å². The van der Waals surface area contributed by atoms with Gasteiger partial charge in [0, 0.05) is 67.2 Å². The lowest BCUT2D eigenvalue weighted by Gasteiger charge is -2.29. The fourth-order valence-corrected chi connectivity index (χ4v) is 13.7. The number of nitrogens with zero attached hydrogens (tertiary/aromatic N) is 2. The lowest BCUT2D eigenvalue weighted by atomic mass is 9.75. The predicted molar refractivity (Wildman–Crippen MR) is 349 cm³/mol. The number of rotatable bonds is 10. The first-order chi connectivity index (χ1) is 40.6. The topological polar surface area (TPSA) is 6.48 Å². The van der Waals surface area contributed by atoms with Crippen molar-refractivity contribution in [1.29, 1.82) is 0 Å². The van der Waals surface area contributed by atoms with Crippen molar-refractivity contribution in [1.82, 2.24) is 0 Å². The van der Waals surface area contributed by atoms with Gasteiger partial charge in [0.25, 0.3) is 0 Å². The molecule has 84 heavy (non-hydrogen) atoms. The highest BCUT2D eigenvalue weighted by Gasteiger charge is 2.44. The molecule has 0 saturated carbocycles. The van der Waals surface area contributed by atoms with E-state index in [0.717, 1.165) is 123 Å². The second-order valence-corrected chi connectivity index (χ2v) is 24.2. The first-order valence-corrected chi connectivity index (χ1v) is 29.2. The minimum atomic E-state index is -0.622. The van der Waals surface area contributed by atoms with E-state index in [-0.39, 0.29) is 11.6 Å². The van der Waals surface area contributed by atoms with Gasteiger partial charge in [0.2, 0.25) is 0 Å². The van der Waals surface area contributed by atoms with E-state index in [1.807, 2.05) is 48.5 Å². The zero-order chi connectivity index (χ0) is 57.8. The summed E-state index contributed by atoms with van der Waals surface area (Å²) in [5.74, 6) is -0.646. The second-order valence-electron chi connectivity index (χ2n) is 24.2. The van der Waals surface area contributed by atoms with Crippen LogP contribution >= 0.6 is 0 Å². The maximum atomic E-state index is 18.2. The Kier molecular flexibility index (Phi) is 12.5. The quantitative estimate of drug-likeness (QED) is 0.135. The Balaban J connectivity index is 1.10. The molecular formula is C80H64F2N2. The van der Waals surface area contributed by atoms with Gasteiger partial charge in [-0.15, -0.1) is 0 Å². The third kappa shape index (κ3) is 8.49. The van der Waals surface area contributed by atoms with E-state index in [4.69, 9.17) is 0 Å². The SMILES string of the molecule is Cc1ccc(N(c2ccc(C)cc2)c2ccc3c(c2)C(C)(C)c2cc4c(-c5c(F)cccc5-c5ccccc5)c5c(cc4c(-c4c(F)cccc4-c4ccccc4)c2-3)C(C)(C)c2cc(N(c3ccc(C)cc3)c3ccc(C)cc3)ccc2-5)cc1. The molecule has 0 atom stereocenters. The molecule has 0 spiro atoms. The van der Waals surface area contributed by atoms with E-state index in [1.165, 1.54) is 22.3 Å². The lowest BCUT2D eigenvalue weighted by Crippen LogP contribution is -2.17. The van der Waals surface area contributed by atoms with Crippen molar-refractivity contribution in [2.45, 2.75) is 66.2 Å². The number of hydrogen-bond acceptors (Lipinski definition) is 2. The van der Waals surface area contributed by atoms with Crippen LogP contribution in [0.1, 0.15) is 72.2 Å². The Morgan fingerprint density at radius 2 is 0.571 bits per heavy atom. The van der Waals surface area contributed by atoms with Crippen LogP contribution in [0.2, 0.25) is 0 Å². The molecule has 0 aliphatic heterocycles. The third-order valence-electron chi connectivity index (χ3n) is 18.1. The van der Waals surface area contributed by atoms with Crippen molar-refractivity contribution in [2.75, 3.05) is 9.80 Å². The van der Waals surface area contributed by atoms with Crippen LogP contribution in [0.4, 0.5) is 42.9 Å². The molecule has 0 bridgehead atoms. The van der Waals surface area contributed by atoms with Crippen molar-refractivity contribution in [3.8, 4) is 66.8 Å². The summed E-state index contributed by atoms with van der Waals surface area (Å²) >= 11 is 0. The van der Waals surface area contributed by atoms with Gasteiger partial charge in [-0.2, -0.15) is 0 Å². The molecule has 14 rings (SSSR count). The maximum absolute atomic E-state index is 18.2. The van der Waals surface area contributed by atoms with Gasteiger partial charge in [0.15, 0.2) is 0 Å². The minimum absolute atomic E-state index is 0.323. The number of fused-ring (bicyclic) bond motifs is 7. The molecule has 2 aliphatic rings. The Labute approximate surface area is 492 Å². The van der Waals surface area contributed by atoms with Crippen LogP contribution in [-0.4, -0.2) is 0 Å². The van der Waals surface area contributed by atoms with E-state index in [0.29, 0.717) is 11.1 Å². The zero-order valence-corrected chi connectivity index (χ0v) is 48.7. The van der Waals surface area contributed by atoms with Gasteiger partial charge >= 0.3 is 0 Å². The molecule has 4 heteroatoms. The molecule has 0 amide bonds. The van der Waals surface area contributed by atoms with Crippen molar-refractivity contribution < 1.29 is 8.78 Å². The summed E-state index contributed by atoms with van der Waals surface area (Å²) in [5.41, 5.74) is 24.2. The second kappa shape index (κ2) is 20.1. The molecule has 0 heterocycles. The molecule has 0 N–H and O–H groups in total. The molecule has 0 fully saturated rings. The van der Waals surface area contributed by atoms with Gasteiger partial charge in [-0.25, -0.2) is 8.78 Å². The summed E-state index contributed by atoms with van der Waals surface area (Å²) < 4.78 is 36.4. The average molecular weight is 1090 g/mol. The largest absolute Gasteiger partial charge is 0.310 e. The summed E-state index contributed by atoms with van der Waals surface area (Å²) in [5, 5.41) is 1.73. The number of halogens is 2. The maximum Gasteiger partial charge on any atom is 0.131 e. The molecule has 12 aromatic rings. The van der Waals surface area contributed by atoms with Crippen molar-refractivity contribution in [3.63, 3.8) is 0 Å². The molecule has 12 aromatic carbocycles. The minimum Gasteiger partial charge on any atom is -0.310 e. The summed E-state index contributed by atoms with van der Waals surface area (Å²) in [7, 11) is 0. The van der Waals surface area contributed by atoms with Crippen molar-refractivity contribution in [3.05, 3.63) is 299 Å². The summed E-state index contributed by atoms with van der Waals surface area (Å²) in [6.07, 6.45) is 0. The standard InChI is InChI=1S/C80H64F2N2/c1-49-25-33-55(34-26-49)83(56-35-27-50(2)28-36-56)59-41-43-63-67(45-59)79(5,6)69-47-65-66(77(73(63)69)75-61(21-15-23-71(75)81)53-17-11-9-12-18-53)48-70-74(78(65)76-62(22-16-24-72(76)82)54-19-13-10-14-20-54)64-44-42-60(46-68(64)80(70,7)8)84(57-37-29-51(3)30-38-57)58-39-31-52(4)32-40-58/h9-48H,1-8H3. The van der Waals surface area contributed by atoms with E-state index in [9.17, 15) is 0 Å². The van der Waals surface area contributed by atoms with Crippen molar-refractivity contribution in [2.24, 2.45) is 0 Å². The monoisotopic (exact) mass is 1090 g/mol. The van der Waals surface area contributed by atoms with E-state index >= 15 is 8.78 Å². The fourth-order valence-electron chi connectivity index (χ4n) is 13.7. The molecule has 0 radical (unpaired) electrons. The van der Waals surface area contributed by atoms with E-state index in [2.05, 4.69) is 247 Å². The summed E-state index contributed by atoms with van der Waals surface area (Å²) in [6, 6.07) is 84.5. The smallest absolute Gasteiger partial charge is 0.131 e. The highest BCUT2D eigenvalue weighted by Crippen LogP contribution is 2.62. The lowest BCUT2D eigenvalue weighted by molar-refractivity contribution is 0.631. The van der Waals surface area contributed by atoms with Gasteiger partial charge in [0.1, 0.15) is 11.6 Å². The molecular weight excluding hydrogens is 1030 g/mol. The molecule has 0 unspecified atom stereocenters. The van der Waals surface area contributed by atoms with Gasteiger partial charge in [-0.1, -0.05) is 196 Å². The molecule has 2 aliphatic carbocycles. The van der Waals surface area contributed by atoms with Gasteiger partial charge in [-0.3, -0.25) is 0 Å². The van der Waals surface area contributed by atoms with E-state index < -0.39 is 10.8 Å². The van der Waals surface area contributed by atoms with Crippen LogP contribution in [0.3, 0.4) is 0 Å². The molecule has 0 aromatic heterocycles. The van der Waals surface area contributed by atoms with Gasteiger partial charge in [-0.05, 0) is 202 Å². The Morgan fingerprint density at radius 3 is 0.893 bits per heavy atom. The van der Waals surface area contributed by atoms with Gasteiger partial charge < -0.3 is 9.80 Å². The van der Waals surface area contributed by atoms with Crippen LogP contribution in [0.15, 0.2) is 243 Å². The average Bonchev–Trinajstić information content (AvgIpc) is 1.75.